The lowest BCUT2D eigenvalue weighted by atomic mass is 10.1. The lowest BCUT2D eigenvalue weighted by Crippen LogP contribution is -2.39. The second-order valence-corrected chi connectivity index (χ2v) is 5.69. The maximum atomic E-state index is 12.3. The summed E-state index contributed by atoms with van der Waals surface area (Å²) in [4.78, 5) is 25.8. The van der Waals surface area contributed by atoms with Gasteiger partial charge in [0.2, 0.25) is 11.8 Å². The van der Waals surface area contributed by atoms with Crippen LogP contribution >= 0.6 is 0 Å². The average molecular weight is 325 g/mol. The summed E-state index contributed by atoms with van der Waals surface area (Å²) in [6, 6.07) is 16.3. The van der Waals surface area contributed by atoms with Gasteiger partial charge in [-0.1, -0.05) is 55.5 Å². The molecule has 3 N–H and O–H groups in total. The van der Waals surface area contributed by atoms with Gasteiger partial charge in [0.25, 0.3) is 0 Å². The van der Waals surface area contributed by atoms with E-state index in [1.165, 1.54) is 0 Å². The number of hydrogen-bond acceptors (Lipinski definition) is 3. The Labute approximate surface area is 142 Å². The second kappa shape index (κ2) is 8.26. The maximum absolute atomic E-state index is 12.3. The summed E-state index contributed by atoms with van der Waals surface area (Å²) in [5.74, 6) is -0.661. The molecule has 0 aliphatic rings. The minimum atomic E-state index is -0.640. The number of rotatable bonds is 7. The molecule has 0 saturated heterocycles. The van der Waals surface area contributed by atoms with Gasteiger partial charge in [0.1, 0.15) is 6.04 Å². The van der Waals surface area contributed by atoms with Crippen LogP contribution in [0.1, 0.15) is 24.1 Å². The van der Waals surface area contributed by atoms with Crippen molar-refractivity contribution in [3.05, 3.63) is 65.7 Å². The van der Waals surface area contributed by atoms with Crippen molar-refractivity contribution in [2.75, 3.05) is 18.9 Å². The molecule has 126 valence electrons. The Balaban J connectivity index is 2.08. The third-order valence-corrected chi connectivity index (χ3v) is 3.89. The van der Waals surface area contributed by atoms with Crippen LogP contribution in [0.3, 0.4) is 0 Å². The highest BCUT2D eigenvalue weighted by Crippen LogP contribution is 2.19. The fourth-order valence-electron chi connectivity index (χ4n) is 2.73. The Hall–Kier alpha value is -2.66. The highest BCUT2D eigenvalue weighted by molar-refractivity contribution is 5.93. The fourth-order valence-corrected chi connectivity index (χ4v) is 2.73. The Morgan fingerprint density at radius 2 is 1.71 bits per heavy atom. The molecule has 0 heterocycles. The second-order valence-electron chi connectivity index (χ2n) is 5.69. The van der Waals surface area contributed by atoms with Crippen LogP contribution in [0.15, 0.2) is 54.6 Å². The van der Waals surface area contributed by atoms with E-state index in [1.54, 1.807) is 11.9 Å². The standard InChI is InChI=1S/C19H23N3O2/c1-3-14-9-7-8-12-16(14)21-17(23)13-22(2)18(19(20)24)15-10-5-4-6-11-15/h4-12,18H,3,13H2,1-2H3,(H2,20,24)(H,21,23). The van der Waals surface area contributed by atoms with Gasteiger partial charge in [-0.2, -0.15) is 0 Å². The number of para-hydroxylation sites is 1. The Kier molecular flexibility index (Phi) is 6.09. The first kappa shape index (κ1) is 17.7. The van der Waals surface area contributed by atoms with Crippen molar-refractivity contribution in [3.8, 4) is 0 Å². The molecule has 5 heteroatoms. The van der Waals surface area contributed by atoms with Crippen LogP contribution < -0.4 is 11.1 Å². The number of nitrogens with two attached hydrogens (primary N) is 1. The molecule has 0 saturated carbocycles. The molecule has 0 fully saturated rings. The van der Waals surface area contributed by atoms with Gasteiger partial charge < -0.3 is 11.1 Å². The molecule has 1 atom stereocenters. The van der Waals surface area contributed by atoms with Crippen LogP contribution in [0.5, 0.6) is 0 Å². The van der Waals surface area contributed by atoms with E-state index >= 15 is 0 Å². The molecule has 2 aromatic carbocycles. The third-order valence-electron chi connectivity index (χ3n) is 3.89. The summed E-state index contributed by atoms with van der Waals surface area (Å²) in [5, 5.41) is 2.90. The molecule has 24 heavy (non-hydrogen) atoms. The molecule has 0 bridgehead atoms. The van der Waals surface area contributed by atoms with Crippen LogP contribution in [0.4, 0.5) is 5.69 Å². The summed E-state index contributed by atoms with van der Waals surface area (Å²) < 4.78 is 0. The molecule has 0 aromatic heterocycles. The number of likely N-dealkylation sites (N-methyl/N-ethyl adjacent to an activating group) is 1. The fraction of sp³-hybridized carbons (Fsp3) is 0.263. The van der Waals surface area contributed by atoms with Gasteiger partial charge in [0, 0.05) is 5.69 Å². The first-order valence-electron chi connectivity index (χ1n) is 7.95. The smallest absolute Gasteiger partial charge is 0.239 e. The number of nitrogens with zero attached hydrogens (tertiary/aromatic N) is 1. The van der Waals surface area contributed by atoms with E-state index in [0.717, 1.165) is 23.2 Å². The van der Waals surface area contributed by atoms with Gasteiger partial charge in [-0.3, -0.25) is 14.5 Å². The van der Waals surface area contributed by atoms with Crippen molar-refractivity contribution >= 4 is 17.5 Å². The zero-order chi connectivity index (χ0) is 17.5. The van der Waals surface area contributed by atoms with E-state index in [9.17, 15) is 9.59 Å². The van der Waals surface area contributed by atoms with Crippen molar-refractivity contribution in [3.63, 3.8) is 0 Å². The summed E-state index contributed by atoms with van der Waals surface area (Å²) in [5.41, 5.74) is 8.18. The van der Waals surface area contributed by atoms with E-state index in [0.29, 0.717) is 0 Å². The van der Waals surface area contributed by atoms with Crippen LogP contribution in [0, 0.1) is 0 Å². The average Bonchev–Trinajstić information content (AvgIpc) is 2.56. The number of anilines is 1. The highest BCUT2D eigenvalue weighted by Gasteiger charge is 2.24. The predicted octanol–water partition coefficient (Wildman–Crippen LogP) is 2.35. The number of carbonyl (C=O) groups excluding carboxylic acids is 2. The van der Waals surface area contributed by atoms with Crippen molar-refractivity contribution in [1.29, 1.82) is 0 Å². The van der Waals surface area contributed by atoms with E-state index in [4.69, 9.17) is 5.73 Å². The summed E-state index contributed by atoms with van der Waals surface area (Å²) in [7, 11) is 1.72. The van der Waals surface area contributed by atoms with E-state index in [-0.39, 0.29) is 12.5 Å². The molecule has 2 aromatic rings. The largest absolute Gasteiger partial charge is 0.368 e. The Morgan fingerprint density at radius 3 is 2.33 bits per heavy atom. The van der Waals surface area contributed by atoms with Gasteiger partial charge in [0.05, 0.1) is 6.54 Å². The van der Waals surface area contributed by atoms with E-state index < -0.39 is 11.9 Å². The minimum Gasteiger partial charge on any atom is -0.368 e. The van der Waals surface area contributed by atoms with Crippen molar-refractivity contribution in [2.45, 2.75) is 19.4 Å². The number of primary amides is 1. The Bertz CT molecular complexity index is 701. The number of aryl methyl sites for hydroxylation is 1. The summed E-state index contributed by atoms with van der Waals surface area (Å²) in [6.07, 6.45) is 0.834. The molecule has 0 aliphatic carbocycles. The Morgan fingerprint density at radius 1 is 1.08 bits per heavy atom. The zero-order valence-electron chi connectivity index (χ0n) is 14.0. The van der Waals surface area contributed by atoms with Crippen molar-refractivity contribution in [1.82, 2.24) is 4.90 Å². The van der Waals surface area contributed by atoms with Gasteiger partial charge in [-0.05, 0) is 30.7 Å². The zero-order valence-corrected chi connectivity index (χ0v) is 14.0. The summed E-state index contributed by atoms with van der Waals surface area (Å²) >= 11 is 0. The quantitative estimate of drug-likeness (QED) is 0.820. The van der Waals surface area contributed by atoms with E-state index in [1.807, 2.05) is 61.5 Å². The number of carbonyl (C=O) groups is 2. The van der Waals surface area contributed by atoms with Crippen LogP contribution in [-0.2, 0) is 16.0 Å². The van der Waals surface area contributed by atoms with Crippen molar-refractivity contribution < 1.29 is 9.59 Å². The summed E-state index contributed by atoms with van der Waals surface area (Å²) in [6.45, 7) is 2.11. The number of hydrogen-bond donors (Lipinski definition) is 2. The van der Waals surface area contributed by atoms with E-state index in [2.05, 4.69) is 5.32 Å². The van der Waals surface area contributed by atoms with Crippen molar-refractivity contribution in [2.24, 2.45) is 5.73 Å². The minimum absolute atomic E-state index is 0.0700. The van der Waals surface area contributed by atoms with Crippen LogP contribution in [-0.4, -0.2) is 30.3 Å². The normalized spacial score (nSPS) is 12.0. The lowest BCUT2D eigenvalue weighted by molar-refractivity contribution is -0.124. The van der Waals surface area contributed by atoms with Gasteiger partial charge >= 0.3 is 0 Å². The lowest BCUT2D eigenvalue weighted by Gasteiger charge is -2.25. The topological polar surface area (TPSA) is 75.4 Å². The predicted molar refractivity (Wildman–Crippen MR) is 95.5 cm³/mol. The van der Waals surface area contributed by atoms with Crippen LogP contribution in [0.2, 0.25) is 0 Å². The molecule has 0 radical (unpaired) electrons. The molecule has 2 rings (SSSR count). The number of amides is 2. The van der Waals surface area contributed by atoms with Gasteiger partial charge in [-0.15, -0.1) is 0 Å². The molecular formula is C19H23N3O2. The SMILES string of the molecule is CCc1ccccc1NC(=O)CN(C)C(C(N)=O)c1ccccc1. The number of nitrogens with one attached hydrogen (secondary N) is 1. The highest BCUT2D eigenvalue weighted by atomic mass is 16.2. The van der Waals surface area contributed by atoms with Gasteiger partial charge in [-0.25, -0.2) is 0 Å². The molecule has 2 amide bonds. The first-order valence-corrected chi connectivity index (χ1v) is 7.95. The monoisotopic (exact) mass is 325 g/mol. The molecule has 1 unspecified atom stereocenters. The molecule has 5 nitrogen and oxygen atoms in total. The van der Waals surface area contributed by atoms with Crippen LogP contribution in [0.25, 0.3) is 0 Å². The molecule has 0 aliphatic heterocycles. The maximum Gasteiger partial charge on any atom is 0.239 e. The van der Waals surface area contributed by atoms with Gasteiger partial charge in [0.15, 0.2) is 0 Å². The molecular weight excluding hydrogens is 302 g/mol. The first-order chi connectivity index (χ1) is 11.5. The molecule has 0 spiro atoms. The number of benzene rings is 2. The third kappa shape index (κ3) is 4.43.